The molecule has 2 rings (SSSR count). The van der Waals surface area contributed by atoms with Crippen molar-refractivity contribution in [2.75, 3.05) is 12.4 Å². The number of nitrogens with one attached hydrogen (secondary N) is 2. The Hall–Kier alpha value is -2.51. The van der Waals surface area contributed by atoms with Crippen LogP contribution in [0.5, 0.6) is 6.01 Å². The molecule has 2 N–H and O–H groups in total. The van der Waals surface area contributed by atoms with Crippen molar-refractivity contribution in [3.63, 3.8) is 0 Å². The first-order valence-corrected chi connectivity index (χ1v) is 5.74. The molecule has 0 saturated heterocycles. The highest BCUT2D eigenvalue weighted by atomic mass is 19.1. The van der Waals surface area contributed by atoms with Gasteiger partial charge in [-0.3, -0.25) is 10.1 Å². The first-order chi connectivity index (χ1) is 9.52. The van der Waals surface area contributed by atoms with Gasteiger partial charge in [-0.2, -0.15) is 4.98 Å². The predicted molar refractivity (Wildman–Crippen MR) is 66.3 cm³/mol. The summed E-state index contributed by atoms with van der Waals surface area (Å²) in [4.78, 5) is 15.7. The van der Waals surface area contributed by atoms with Crippen LogP contribution in [0.3, 0.4) is 0 Å². The zero-order valence-electron chi connectivity index (χ0n) is 10.8. The number of methoxy groups -OCH3 is 1. The molecule has 106 valence electrons. The number of benzene rings is 1. The van der Waals surface area contributed by atoms with Gasteiger partial charge >= 0.3 is 6.01 Å². The fourth-order valence-electron chi connectivity index (χ4n) is 1.67. The number of ether oxygens (including phenoxy) is 1. The smallest absolute Gasteiger partial charge is 0.336 e. The largest absolute Gasteiger partial charge is 0.466 e. The molecule has 1 heterocycles. The van der Waals surface area contributed by atoms with Gasteiger partial charge in [0, 0.05) is 5.56 Å². The Balaban J connectivity index is 2.16. The zero-order valence-corrected chi connectivity index (χ0v) is 10.8. The Bertz CT molecular complexity index is 609. The molecule has 1 atom stereocenters. The molecule has 0 saturated carbocycles. The molecule has 20 heavy (non-hydrogen) atoms. The normalized spacial score (nSPS) is 12.0. The second-order valence-corrected chi connectivity index (χ2v) is 4.02. The molecule has 0 radical (unpaired) electrons. The molecular formula is C12H12F2N4O2. The molecule has 0 fully saturated rings. The Labute approximate surface area is 113 Å². The Kier molecular flexibility index (Phi) is 3.92. The van der Waals surface area contributed by atoms with Crippen molar-refractivity contribution in [1.29, 1.82) is 0 Å². The maximum Gasteiger partial charge on any atom is 0.336 e. The van der Waals surface area contributed by atoms with Crippen LogP contribution >= 0.6 is 0 Å². The number of H-pyrrole nitrogens is 1. The van der Waals surface area contributed by atoms with E-state index in [4.69, 9.17) is 4.74 Å². The van der Waals surface area contributed by atoms with Crippen molar-refractivity contribution < 1.29 is 18.3 Å². The van der Waals surface area contributed by atoms with Crippen LogP contribution in [0.15, 0.2) is 18.2 Å². The summed E-state index contributed by atoms with van der Waals surface area (Å²) >= 11 is 0. The van der Waals surface area contributed by atoms with Crippen LogP contribution in [0.4, 0.5) is 14.7 Å². The van der Waals surface area contributed by atoms with E-state index in [0.717, 1.165) is 12.1 Å². The molecule has 0 aliphatic rings. The lowest BCUT2D eigenvalue weighted by atomic mass is 9.99. The fraction of sp³-hybridized carbons (Fsp3) is 0.250. The molecule has 8 heteroatoms. The topological polar surface area (TPSA) is 79.9 Å². The summed E-state index contributed by atoms with van der Waals surface area (Å²) in [5.41, 5.74) is -0.295. The van der Waals surface area contributed by atoms with Crippen LogP contribution in [-0.2, 0) is 4.79 Å². The number of halogens is 2. The molecule has 1 aromatic carbocycles. The van der Waals surface area contributed by atoms with Gasteiger partial charge in [0.05, 0.1) is 13.0 Å². The molecule has 0 aliphatic carbocycles. The van der Waals surface area contributed by atoms with Crippen molar-refractivity contribution in [1.82, 2.24) is 15.2 Å². The number of aromatic amines is 1. The molecule has 0 bridgehead atoms. The number of hydrogen-bond acceptors (Lipinski definition) is 4. The van der Waals surface area contributed by atoms with Gasteiger partial charge in [0.25, 0.3) is 0 Å². The van der Waals surface area contributed by atoms with E-state index >= 15 is 0 Å². The second-order valence-electron chi connectivity index (χ2n) is 4.02. The molecule has 1 aromatic heterocycles. The summed E-state index contributed by atoms with van der Waals surface area (Å²) < 4.78 is 31.9. The number of amides is 1. The van der Waals surface area contributed by atoms with E-state index in [-0.39, 0.29) is 17.5 Å². The van der Waals surface area contributed by atoms with Gasteiger partial charge in [-0.05, 0) is 19.1 Å². The van der Waals surface area contributed by atoms with Crippen LogP contribution in [0, 0.1) is 11.6 Å². The van der Waals surface area contributed by atoms with Crippen LogP contribution in [-0.4, -0.2) is 28.2 Å². The SMILES string of the molecule is COc1n[nH]c(NC(=O)C(C)c2c(F)cccc2F)n1. The minimum Gasteiger partial charge on any atom is -0.466 e. The lowest BCUT2D eigenvalue weighted by Crippen LogP contribution is -2.21. The van der Waals surface area contributed by atoms with E-state index in [2.05, 4.69) is 20.5 Å². The standard InChI is InChI=1S/C12H12F2N4O2/c1-6(9-7(13)4-3-5-8(9)14)10(19)15-11-16-12(20-2)18-17-11/h3-6H,1-2H3,(H2,15,16,17,18,19). The van der Waals surface area contributed by atoms with Gasteiger partial charge in [-0.25, -0.2) is 13.9 Å². The number of carbonyl (C=O) groups excluding carboxylic acids is 1. The third-order valence-corrected chi connectivity index (χ3v) is 2.72. The molecule has 1 unspecified atom stereocenters. The van der Waals surface area contributed by atoms with Gasteiger partial charge < -0.3 is 4.74 Å². The summed E-state index contributed by atoms with van der Waals surface area (Å²) in [5, 5.41) is 8.42. The minimum atomic E-state index is -1.02. The van der Waals surface area contributed by atoms with Gasteiger partial charge in [0.1, 0.15) is 11.6 Å². The van der Waals surface area contributed by atoms with Crippen molar-refractivity contribution in [3.8, 4) is 6.01 Å². The average Bonchev–Trinajstić information content (AvgIpc) is 2.86. The number of hydrogen-bond donors (Lipinski definition) is 2. The van der Waals surface area contributed by atoms with Gasteiger partial charge in [0.2, 0.25) is 11.9 Å². The zero-order chi connectivity index (χ0) is 14.7. The van der Waals surface area contributed by atoms with Crippen molar-refractivity contribution in [2.24, 2.45) is 0 Å². The average molecular weight is 282 g/mol. The van der Waals surface area contributed by atoms with Crippen molar-refractivity contribution >= 4 is 11.9 Å². The molecule has 0 spiro atoms. The summed E-state index contributed by atoms with van der Waals surface area (Å²) in [6, 6.07) is 3.48. The molecule has 6 nitrogen and oxygen atoms in total. The first kappa shape index (κ1) is 13.9. The monoisotopic (exact) mass is 282 g/mol. The second kappa shape index (κ2) is 5.64. The highest BCUT2D eigenvalue weighted by Crippen LogP contribution is 2.23. The number of rotatable bonds is 4. The van der Waals surface area contributed by atoms with Crippen molar-refractivity contribution in [2.45, 2.75) is 12.8 Å². The highest BCUT2D eigenvalue weighted by Gasteiger charge is 2.23. The summed E-state index contributed by atoms with van der Waals surface area (Å²) in [7, 11) is 1.37. The molecule has 2 aromatic rings. The number of anilines is 1. The molecule has 1 amide bonds. The Morgan fingerprint density at radius 3 is 2.60 bits per heavy atom. The highest BCUT2D eigenvalue weighted by molar-refractivity contribution is 5.94. The number of aromatic nitrogens is 3. The third kappa shape index (κ3) is 2.73. The van der Waals surface area contributed by atoms with E-state index in [9.17, 15) is 13.6 Å². The van der Waals surface area contributed by atoms with Gasteiger partial charge in [0.15, 0.2) is 0 Å². The Morgan fingerprint density at radius 1 is 1.40 bits per heavy atom. The summed E-state index contributed by atoms with van der Waals surface area (Å²) in [6.45, 7) is 1.39. The van der Waals surface area contributed by atoms with Crippen LogP contribution in [0.25, 0.3) is 0 Å². The molecule has 0 aliphatic heterocycles. The fourth-order valence-corrected chi connectivity index (χ4v) is 1.67. The lowest BCUT2D eigenvalue weighted by Gasteiger charge is -2.12. The maximum atomic E-state index is 13.6. The predicted octanol–water partition coefficient (Wildman–Crippen LogP) is 1.83. The number of nitrogens with zero attached hydrogens (tertiary/aromatic N) is 2. The minimum absolute atomic E-state index is 0.0375. The van der Waals surface area contributed by atoms with Crippen LogP contribution < -0.4 is 10.1 Å². The third-order valence-electron chi connectivity index (χ3n) is 2.72. The van der Waals surface area contributed by atoms with E-state index in [1.54, 1.807) is 0 Å². The van der Waals surface area contributed by atoms with Gasteiger partial charge in [-0.15, -0.1) is 5.10 Å². The molecular weight excluding hydrogens is 270 g/mol. The van der Waals surface area contributed by atoms with Crippen molar-refractivity contribution in [3.05, 3.63) is 35.4 Å². The van der Waals surface area contributed by atoms with Gasteiger partial charge in [-0.1, -0.05) is 6.07 Å². The first-order valence-electron chi connectivity index (χ1n) is 5.74. The number of carbonyl (C=O) groups is 1. The van der Waals surface area contributed by atoms with E-state index in [0.29, 0.717) is 0 Å². The van der Waals surface area contributed by atoms with E-state index in [1.165, 1.54) is 20.1 Å². The Morgan fingerprint density at radius 2 is 2.05 bits per heavy atom. The lowest BCUT2D eigenvalue weighted by molar-refractivity contribution is -0.117. The quantitative estimate of drug-likeness (QED) is 0.896. The summed E-state index contributed by atoms with van der Waals surface area (Å²) in [6.07, 6.45) is 0. The summed E-state index contributed by atoms with van der Waals surface area (Å²) in [5.74, 6) is -3.15. The van der Waals surface area contributed by atoms with E-state index < -0.39 is 23.5 Å². The van der Waals surface area contributed by atoms with Crippen LogP contribution in [0.1, 0.15) is 18.4 Å². The van der Waals surface area contributed by atoms with Crippen LogP contribution in [0.2, 0.25) is 0 Å². The van der Waals surface area contributed by atoms with E-state index in [1.807, 2.05) is 0 Å². The maximum absolute atomic E-state index is 13.6.